The van der Waals surface area contributed by atoms with Crippen molar-refractivity contribution in [3.63, 3.8) is 0 Å². The number of aliphatic hydroxyl groups is 1. The molecule has 9 heteroatoms. The Morgan fingerprint density at radius 1 is 1.00 bits per heavy atom. The van der Waals surface area contributed by atoms with Crippen LogP contribution in [0.2, 0.25) is 0 Å². The molecule has 29 heavy (non-hydrogen) atoms. The maximum Gasteiger partial charge on any atom is 0.290 e. The van der Waals surface area contributed by atoms with Crippen molar-refractivity contribution in [1.82, 2.24) is 19.4 Å². The molecule has 0 aromatic carbocycles. The van der Waals surface area contributed by atoms with Crippen LogP contribution in [0.15, 0.2) is 30.6 Å². The molecule has 2 aromatic rings. The average Bonchev–Trinajstić information content (AvgIpc) is 3.36. The summed E-state index contributed by atoms with van der Waals surface area (Å²) in [5, 5.41) is 28.9. The zero-order chi connectivity index (χ0) is 21.1. The summed E-state index contributed by atoms with van der Waals surface area (Å²) >= 11 is 0. The van der Waals surface area contributed by atoms with E-state index in [1.165, 1.54) is 18.4 Å². The third-order valence-electron chi connectivity index (χ3n) is 5.37. The first kappa shape index (κ1) is 22.8. The zero-order valence-corrected chi connectivity index (χ0v) is 16.6. The van der Waals surface area contributed by atoms with Crippen molar-refractivity contribution in [3.05, 3.63) is 36.2 Å². The monoisotopic (exact) mass is 406 g/mol. The molecule has 9 nitrogen and oxygen atoms in total. The minimum atomic E-state index is -0.476. The number of carbonyl (C=O) groups is 2. The molecule has 0 saturated carbocycles. The second-order valence-corrected chi connectivity index (χ2v) is 7.43. The summed E-state index contributed by atoms with van der Waals surface area (Å²) in [5.74, 6) is 0. The summed E-state index contributed by atoms with van der Waals surface area (Å²) in [6.45, 7) is 5.61. The molecule has 3 N–H and O–H groups in total. The predicted molar refractivity (Wildman–Crippen MR) is 108 cm³/mol. The zero-order valence-electron chi connectivity index (χ0n) is 16.6. The predicted octanol–water partition coefficient (Wildman–Crippen LogP) is 1.16. The number of hydrogen-bond donors (Lipinski definition) is 3. The van der Waals surface area contributed by atoms with Crippen LogP contribution in [0.25, 0.3) is 5.52 Å². The molecule has 2 fully saturated rings. The summed E-state index contributed by atoms with van der Waals surface area (Å²) in [5.41, 5.74) is 1.99. The van der Waals surface area contributed by atoms with Crippen LogP contribution in [0.5, 0.6) is 0 Å². The first-order chi connectivity index (χ1) is 14.0. The lowest BCUT2D eigenvalue weighted by Crippen LogP contribution is -2.50. The van der Waals surface area contributed by atoms with E-state index in [0.717, 1.165) is 57.6 Å². The van der Waals surface area contributed by atoms with Gasteiger partial charge in [-0.05, 0) is 62.5 Å². The molecule has 4 rings (SSSR count). The first-order valence-electron chi connectivity index (χ1n) is 9.78. The van der Waals surface area contributed by atoms with Gasteiger partial charge in [-0.15, -0.1) is 0 Å². The van der Waals surface area contributed by atoms with Crippen LogP contribution >= 0.6 is 0 Å². The standard InChI is InChI=1S/C18H26N4O.2CH2O2/c23-18(15-21-8-1-2-9-21)5-11-20(12-6-18)14-16-4-10-22-17(13-16)3-7-19-22;2*2-1-3/h3-4,7,10,13,23H,1-2,5-6,8-9,11-12,14-15H2;2*1H,(H,2,3). The van der Waals surface area contributed by atoms with Crippen molar-refractivity contribution >= 4 is 18.5 Å². The van der Waals surface area contributed by atoms with Gasteiger partial charge in [0.05, 0.1) is 11.1 Å². The minimum absolute atomic E-state index is 0.250. The number of hydrogen-bond acceptors (Lipinski definition) is 6. The molecule has 2 aliphatic heterocycles. The highest BCUT2D eigenvalue weighted by molar-refractivity contribution is 5.47. The summed E-state index contributed by atoms with van der Waals surface area (Å²) in [6.07, 6.45) is 8.21. The molecule has 160 valence electrons. The lowest BCUT2D eigenvalue weighted by Gasteiger charge is -2.40. The average molecular weight is 406 g/mol. The molecule has 4 heterocycles. The van der Waals surface area contributed by atoms with E-state index in [1.54, 1.807) is 0 Å². The number of nitrogens with zero attached hydrogens (tertiary/aromatic N) is 4. The van der Waals surface area contributed by atoms with E-state index in [4.69, 9.17) is 19.8 Å². The molecule has 2 saturated heterocycles. The Balaban J connectivity index is 0.000000449. The van der Waals surface area contributed by atoms with Gasteiger partial charge < -0.3 is 20.2 Å². The molecule has 0 amide bonds. The van der Waals surface area contributed by atoms with Gasteiger partial charge in [0.1, 0.15) is 0 Å². The van der Waals surface area contributed by atoms with E-state index < -0.39 is 5.60 Å². The van der Waals surface area contributed by atoms with Crippen LogP contribution in [0.4, 0.5) is 0 Å². The number of likely N-dealkylation sites (tertiary alicyclic amines) is 2. The molecule has 0 bridgehead atoms. The fourth-order valence-electron chi connectivity index (χ4n) is 3.97. The number of aromatic nitrogens is 2. The maximum atomic E-state index is 10.8. The molecule has 0 spiro atoms. The van der Waals surface area contributed by atoms with Crippen LogP contribution in [-0.2, 0) is 16.1 Å². The maximum absolute atomic E-state index is 10.8. The number of carboxylic acid groups (broad SMARTS) is 2. The van der Waals surface area contributed by atoms with E-state index in [9.17, 15) is 5.11 Å². The summed E-state index contributed by atoms with van der Waals surface area (Å²) < 4.78 is 1.90. The van der Waals surface area contributed by atoms with Crippen LogP contribution in [0.1, 0.15) is 31.2 Å². The van der Waals surface area contributed by atoms with Gasteiger partial charge in [-0.3, -0.25) is 14.5 Å². The third-order valence-corrected chi connectivity index (χ3v) is 5.37. The van der Waals surface area contributed by atoms with Crippen molar-refractivity contribution in [2.45, 2.75) is 37.8 Å². The molecule has 2 aromatic heterocycles. The van der Waals surface area contributed by atoms with Crippen molar-refractivity contribution in [3.8, 4) is 0 Å². The van der Waals surface area contributed by atoms with Crippen molar-refractivity contribution < 1.29 is 24.9 Å². The number of β-amino-alcohol motifs (C(OH)–C–C–N with tert-alkyl or cyclic N) is 1. The van der Waals surface area contributed by atoms with E-state index in [2.05, 4.69) is 27.0 Å². The third kappa shape index (κ3) is 7.12. The van der Waals surface area contributed by atoms with Crippen LogP contribution in [0, 0.1) is 0 Å². The number of fused-ring (bicyclic) bond motifs is 1. The van der Waals surface area contributed by atoms with E-state index in [-0.39, 0.29) is 12.9 Å². The van der Waals surface area contributed by atoms with Gasteiger partial charge in [-0.25, -0.2) is 4.52 Å². The van der Waals surface area contributed by atoms with Gasteiger partial charge in [0.15, 0.2) is 0 Å². The Kier molecular flexibility index (Phi) is 9.04. The summed E-state index contributed by atoms with van der Waals surface area (Å²) in [7, 11) is 0. The normalized spacial score (nSPS) is 18.9. The van der Waals surface area contributed by atoms with Gasteiger partial charge in [0.2, 0.25) is 0 Å². The fraction of sp³-hybridized carbons (Fsp3) is 0.550. The Hall–Kier alpha value is -2.49. The Bertz CT molecular complexity index is 746. The Morgan fingerprint density at radius 3 is 2.24 bits per heavy atom. The van der Waals surface area contributed by atoms with Crippen molar-refractivity contribution in [2.24, 2.45) is 0 Å². The Morgan fingerprint density at radius 2 is 1.62 bits per heavy atom. The Labute approximate surface area is 170 Å². The second kappa shape index (κ2) is 11.5. The lowest BCUT2D eigenvalue weighted by molar-refractivity contribution is -0.123. The number of rotatable bonds is 4. The quantitative estimate of drug-likeness (QED) is 0.647. The highest BCUT2D eigenvalue weighted by Gasteiger charge is 2.34. The van der Waals surface area contributed by atoms with Gasteiger partial charge in [0, 0.05) is 38.6 Å². The molecule has 2 aliphatic rings. The van der Waals surface area contributed by atoms with E-state index in [0.29, 0.717) is 0 Å². The smallest absolute Gasteiger partial charge is 0.290 e. The van der Waals surface area contributed by atoms with Crippen molar-refractivity contribution in [1.29, 1.82) is 0 Å². The largest absolute Gasteiger partial charge is 0.483 e. The summed E-state index contributed by atoms with van der Waals surface area (Å²) in [6, 6.07) is 6.39. The molecule has 0 atom stereocenters. The number of pyridine rings is 1. The first-order valence-corrected chi connectivity index (χ1v) is 9.78. The van der Waals surface area contributed by atoms with Crippen LogP contribution in [0.3, 0.4) is 0 Å². The molecule has 0 unspecified atom stereocenters. The van der Waals surface area contributed by atoms with Gasteiger partial charge in [0.25, 0.3) is 12.9 Å². The molecular weight excluding hydrogens is 376 g/mol. The van der Waals surface area contributed by atoms with Gasteiger partial charge in [-0.2, -0.15) is 5.10 Å². The lowest BCUT2D eigenvalue weighted by atomic mass is 9.90. The molecule has 0 aliphatic carbocycles. The van der Waals surface area contributed by atoms with E-state index >= 15 is 0 Å². The highest BCUT2D eigenvalue weighted by Crippen LogP contribution is 2.26. The summed E-state index contributed by atoms with van der Waals surface area (Å²) in [4.78, 5) is 21.6. The topological polar surface area (TPSA) is 119 Å². The van der Waals surface area contributed by atoms with Gasteiger partial charge >= 0.3 is 0 Å². The van der Waals surface area contributed by atoms with E-state index in [1.807, 2.05) is 23.0 Å². The molecular formula is C20H30N4O5. The second-order valence-electron chi connectivity index (χ2n) is 7.43. The highest BCUT2D eigenvalue weighted by atomic mass is 16.3. The minimum Gasteiger partial charge on any atom is -0.483 e. The van der Waals surface area contributed by atoms with Crippen LogP contribution in [-0.4, -0.2) is 86.0 Å². The number of piperidine rings is 1. The molecule has 0 radical (unpaired) electrons. The van der Waals surface area contributed by atoms with Crippen LogP contribution < -0.4 is 0 Å². The van der Waals surface area contributed by atoms with Gasteiger partial charge in [-0.1, -0.05) is 0 Å². The van der Waals surface area contributed by atoms with Crippen molar-refractivity contribution in [2.75, 3.05) is 32.7 Å². The SMILES string of the molecule is O=CO.O=CO.OC1(CN2CCCC2)CCN(Cc2ccn3nccc3c2)CC1. The fourth-order valence-corrected chi connectivity index (χ4v) is 3.97.